The standard InChI is InChI=1S/C22H24FN5O/c1-14-12-27(21-8-6-18(11-24)25-26-21)13-15(2)28(14)22(29)10-16-3-7-19(17-4-5-17)20(23)9-16/h3,6-9,14-15,17H,4-5,10,12-13H2,1-2H3/t14-,15+. The van der Waals surface area contributed by atoms with Gasteiger partial charge in [0.2, 0.25) is 5.91 Å². The van der Waals surface area contributed by atoms with Gasteiger partial charge in [-0.2, -0.15) is 5.26 Å². The first-order valence-electron chi connectivity index (χ1n) is 10.0. The number of carbonyl (C=O) groups excluding carboxylic acids is 1. The summed E-state index contributed by atoms with van der Waals surface area (Å²) in [5.41, 5.74) is 1.78. The van der Waals surface area contributed by atoms with Gasteiger partial charge in [-0.1, -0.05) is 12.1 Å². The highest BCUT2D eigenvalue weighted by molar-refractivity contribution is 5.80. The first-order valence-corrected chi connectivity index (χ1v) is 10.0. The molecule has 1 aliphatic heterocycles. The Balaban J connectivity index is 1.42. The van der Waals surface area contributed by atoms with Gasteiger partial charge in [0.1, 0.15) is 11.9 Å². The van der Waals surface area contributed by atoms with E-state index in [1.165, 1.54) is 6.07 Å². The van der Waals surface area contributed by atoms with Gasteiger partial charge in [-0.05, 0) is 61.9 Å². The lowest BCUT2D eigenvalue weighted by Gasteiger charge is -2.44. The molecule has 1 aromatic carbocycles. The van der Waals surface area contributed by atoms with Crippen LogP contribution in [0.5, 0.6) is 0 Å². The normalized spacial score (nSPS) is 21.7. The second-order valence-corrected chi connectivity index (χ2v) is 8.10. The van der Waals surface area contributed by atoms with Crippen molar-refractivity contribution in [3.63, 3.8) is 0 Å². The van der Waals surface area contributed by atoms with Crippen LogP contribution in [0.25, 0.3) is 0 Å². The highest BCUT2D eigenvalue weighted by Gasteiger charge is 2.33. The number of amides is 1. The summed E-state index contributed by atoms with van der Waals surface area (Å²) in [7, 11) is 0. The van der Waals surface area contributed by atoms with Gasteiger partial charge in [0.15, 0.2) is 11.5 Å². The van der Waals surface area contributed by atoms with Crippen LogP contribution in [-0.2, 0) is 11.2 Å². The van der Waals surface area contributed by atoms with E-state index in [9.17, 15) is 9.18 Å². The highest BCUT2D eigenvalue weighted by atomic mass is 19.1. The molecule has 1 saturated carbocycles. The number of nitriles is 1. The van der Waals surface area contributed by atoms with Crippen molar-refractivity contribution < 1.29 is 9.18 Å². The molecule has 29 heavy (non-hydrogen) atoms. The van der Waals surface area contributed by atoms with Crippen LogP contribution in [-0.4, -0.2) is 46.2 Å². The Labute approximate surface area is 170 Å². The molecule has 2 aromatic rings. The van der Waals surface area contributed by atoms with Crippen molar-refractivity contribution in [1.29, 1.82) is 5.26 Å². The summed E-state index contributed by atoms with van der Waals surface area (Å²) in [6.07, 6.45) is 2.31. The number of hydrogen-bond acceptors (Lipinski definition) is 5. The number of rotatable bonds is 4. The largest absolute Gasteiger partial charge is 0.351 e. The minimum atomic E-state index is -0.192. The first-order chi connectivity index (χ1) is 14.0. The zero-order valence-corrected chi connectivity index (χ0v) is 16.7. The number of benzene rings is 1. The molecule has 6 nitrogen and oxygen atoms in total. The number of anilines is 1. The molecule has 0 radical (unpaired) electrons. The van der Waals surface area contributed by atoms with E-state index in [-0.39, 0.29) is 35.9 Å². The summed E-state index contributed by atoms with van der Waals surface area (Å²) in [6.45, 7) is 5.28. The van der Waals surface area contributed by atoms with E-state index in [0.29, 0.717) is 24.8 Å². The number of aromatic nitrogens is 2. The molecule has 2 aliphatic rings. The summed E-state index contributed by atoms with van der Waals surface area (Å²) in [5.74, 6) is 0.878. The molecule has 1 aliphatic carbocycles. The van der Waals surface area contributed by atoms with Crippen molar-refractivity contribution in [1.82, 2.24) is 15.1 Å². The van der Waals surface area contributed by atoms with Crippen molar-refractivity contribution in [2.75, 3.05) is 18.0 Å². The number of hydrogen-bond donors (Lipinski definition) is 0. The quantitative estimate of drug-likeness (QED) is 0.798. The van der Waals surface area contributed by atoms with E-state index in [0.717, 1.165) is 24.0 Å². The fourth-order valence-corrected chi connectivity index (χ4v) is 4.23. The summed E-state index contributed by atoms with van der Waals surface area (Å²) in [5, 5.41) is 16.9. The zero-order valence-electron chi connectivity index (χ0n) is 16.7. The van der Waals surface area contributed by atoms with Gasteiger partial charge in [0.25, 0.3) is 0 Å². The van der Waals surface area contributed by atoms with Gasteiger partial charge in [-0.25, -0.2) is 4.39 Å². The number of piperazine rings is 1. The molecule has 4 rings (SSSR count). The molecule has 1 saturated heterocycles. The maximum Gasteiger partial charge on any atom is 0.227 e. The van der Waals surface area contributed by atoms with Gasteiger partial charge in [-0.15, -0.1) is 10.2 Å². The maximum absolute atomic E-state index is 14.3. The zero-order chi connectivity index (χ0) is 20.5. The van der Waals surface area contributed by atoms with Crippen LogP contribution in [0.4, 0.5) is 10.2 Å². The van der Waals surface area contributed by atoms with E-state index in [2.05, 4.69) is 15.1 Å². The van der Waals surface area contributed by atoms with Crippen molar-refractivity contribution in [2.24, 2.45) is 0 Å². The SMILES string of the molecule is C[C@@H]1CN(c2ccc(C#N)nn2)C[C@H](C)N1C(=O)Cc1ccc(C2CC2)c(F)c1. The minimum Gasteiger partial charge on any atom is -0.351 e. The Morgan fingerprint density at radius 3 is 2.45 bits per heavy atom. The molecule has 7 heteroatoms. The van der Waals surface area contributed by atoms with Crippen molar-refractivity contribution in [3.05, 3.63) is 53.0 Å². The van der Waals surface area contributed by atoms with Crippen LogP contribution in [0.1, 0.15) is 49.4 Å². The van der Waals surface area contributed by atoms with Crippen LogP contribution in [0, 0.1) is 17.1 Å². The predicted octanol–water partition coefficient (Wildman–Crippen LogP) is 3.03. The molecule has 1 aromatic heterocycles. The Hall–Kier alpha value is -3.01. The fraction of sp³-hybridized carbons (Fsp3) is 0.455. The van der Waals surface area contributed by atoms with E-state index in [4.69, 9.17) is 5.26 Å². The average molecular weight is 393 g/mol. The van der Waals surface area contributed by atoms with Crippen LogP contribution >= 0.6 is 0 Å². The number of halogens is 1. The van der Waals surface area contributed by atoms with Crippen LogP contribution in [0.3, 0.4) is 0 Å². The summed E-state index contributed by atoms with van der Waals surface area (Å²) < 4.78 is 14.3. The van der Waals surface area contributed by atoms with Gasteiger partial charge in [-0.3, -0.25) is 4.79 Å². The monoisotopic (exact) mass is 393 g/mol. The fourth-order valence-electron chi connectivity index (χ4n) is 4.23. The second-order valence-electron chi connectivity index (χ2n) is 8.10. The topological polar surface area (TPSA) is 73.1 Å². The molecular weight excluding hydrogens is 369 g/mol. The van der Waals surface area contributed by atoms with Gasteiger partial charge in [0.05, 0.1) is 6.42 Å². The van der Waals surface area contributed by atoms with Crippen molar-refractivity contribution in [2.45, 2.75) is 51.1 Å². The summed E-state index contributed by atoms with van der Waals surface area (Å²) in [6, 6.07) is 10.6. The maximum atomic E-state index is 14.3. The van der Waals surface area contributed by atoms with Crippen molar-refractivity contribution >= 4 is 11.7 Å². The molecule has 150 valence electrons. The molecule has 1 amide bonds. The Kier molecular flexibility index (Phi) is 5.18. The van der Waals surface area contributed by atoms with Crippen LogP contribution in [0.15, 0.2) is 30.3 Å². The molecule has 0 spiro atoms. The average Bonchev–Trinajstić information content (AvgIpc) is 3.52. The van der Waals surface area contributed by atoms with Crippen LogP contribution in [0.2, 0.25) is 0 Å². The lowest BCUT2D eigenvalue weighted by atomic mass is 10.0. The smallest absolute Gasteiger partial charge is 0.227 e. The Morgan fingerprint density at radius 1 is 1.17 bits per heavy atom. The van der Waals surface area contributed by atoms with E-state index < -0.39 is 0 Å². The molecule has 0 unspecified atom stereocenters. The lowest BCUT2D eigenvalue weighted by Crippen LogP contribution is -2.59. The molecular formula is C22H24FN5O. The highest BCUT2D eigenvalue weighted by Crippen LogP contribution is 2.41. The van der Waals surface area contributed by atoms with Crippen molar-refractivity contribution in [3.8, 4) is 6.07 Å². The van der Waals surface area contributed by atoms with Gasteiger partial charge in [0, 0.05) is 25.2 Å². The third-order valence-electron chi connectivity index (χ3n) is 5.73. The second kappa shape index (κ2) is 7.78. The Morgan fingerprint density at radius 2 is 1.90 bits per heavy atom. The predicted molar refractivity (Wildman–Crippen MR) is 107 cm³/mol. The molecule has 2 fully saturated rings. The Bertz CT molecular complexity index is 939. The first kappa shape index (κ1) is 19.3. The van der Waals surface area contributed by atoms with E-state index >= 15 is 0 Å². The van der Waals surface area contributed by atoms with Gasteiger partial charge < -0.3 is 9.80 Å². The van der Waals surface area contributed by atoms with E-state index in [1.54, 1.807) is 12.1 Å². The summed E-state index contributed by atoms with van der Waals surface area (Å²) in [4.78, 5) is 16.9. The summed E-state index contributed by atoms with van der Waals surface area (Å²) >= 11 is 0. The van der Waals surface area contributed by atoms with Gasteiger partial charge >= 0.3 is 0 Å². The number of nitrogens with zero attached hydrogens (tertiary/aromatic N) is 5. The minimum absolute atomic E-state index is 0.00846. The molecule has 0 N–H and O–H groups in total. The number of carbonyl (C=O) groups is 1. The van der Waals surface area contributed by atoms with Crippen LogP contribution < -0.4 is 4.90 Å². The lowest BCUT2D eigenvalue weighted by molar-refractivity contribution is -0.135. The molecule has 0 bridgehead atoms. The third kappa shape index (κ3) is 4.07. The molecule has 2 heterocycles. The third-order valence-corrected chi connectivity index (χ3v) is 5.73. The molecule has 2 atom stereocenters. The van der Waals surface area contributed by atoms with E-state index in [1.807, 2.05) is 36.9 Å².